The smallest absolute Gasteiger partial charge is 0.258 e. The monoisotopic (exact) mass is 455 g/mol. The second-order valence-electron chi connectivity index (χ2n) is 10.0. The maximum absolute atomic E-state index is 12.5. The van der Waals surface area contributed by atoms with Crippen molar-refractivity contribution in [3.63, 3.8) is 0 Å². The molecule has 7 rings (SSSR count). The van der Waals surface area contributed by atoms with Crippen LogP contribution >= 0.6 is 0 Å². The first-order chi connectivity index (χ1) is 17.2. The molecule has 0 unspecified atom stereocenters. The first-order valence-corrected chi connectivity index (χ1v) is 12.5. The average molecular weight is 456 g/mol. The summed E-state index contributed by atoms with van der Waals surface area (Å²) in [5, 5.41) is 16.3. The summed E-state index contributed by atoms with van der Waals surface area (Å²) in [4.78, 5) is 12.3. The van der Waals surface area contributed by atoms with Crippen molar-refractivity contribution >= 4 is 27.2 Å². The molecule has 5 aromatic carbocycles. The summed E-state index contributed by atoms with van der Waals surface area (Å²) in [7, 11) is 0. The first-order valence-electron chi connectivity index (χ1n) is 12.5. The third-order valence-electron chi connectivity index (χ3n) is 8.35. The molecule has 1 spiro atoms. The molecule has 2 aliphatic rings. The highest BCUT2D eigenvalue weighted by molar-refractivity contribution is 6.11. The molecular formula is C32H25NO2. The van der Waals surface area contributed by atoms with E-state index in [2.05, 4.69) is 48.5 Å². The van der Waals surface area contributed by atoms with Gasteiger partial charge in [-0.25, -0.2) is 0 Å². The zero-order valence-corrected chi connectivity index (χ0v) is 19.5. The van der Waals surface area contributed by atoms with Crippen LogP contribution in [0.25, 0.3) is 43.8 Å². The van der Waals surface area contributed by atoms with E-state index in [1.54, 1.807) is 0 Å². The van der Waals surface area contributed by atoms with E-state index in [9.17, 15) is 10.1 Å². The van der Waals surface area contributed by atoms with Gasteiger partial charge in [0.05, 0.1) is 15.9 Å². The molecule has 3 heteroatoms. The highest BCUT2D eigenvalue weighted by atomic mass is 16.6. The number of benzene rings is 5. The molecule has 1 saturated carbocycles. The summed E-state index contributed by atoms with van der Waals surface area (Å²) in [6.07, 6.45) is 5.97. The SMILES string of the molecule is O=[N+]([O-])c1c(-c2cc3c(c4ccccc24)-c2ccccc2C32CCCCC2)ccc2ccccc12. The van der Waals surface area contributed by atoms with Crippen LogP contribution in [-0.2, 0) is 5.41 Å². The van der Waals surface area contributed by atoms with Crippen molar-refractivity contribution in [3.8, 4) is 22.3 Å². The van der Waals surface area contributed by atoms with Crippen LogP contribution in [0.2, 0.25) is 0 Å². The Hall–Kier alpha value is -3.98. The second-order valence-corrected chi connectivity index (χ2v) is 10.0. The predicted molar refractivity (Wildman–Crippen MR) is 143 cm³/mol. The molecule has 3 nitrogen and oxygen atoms in total. The zero-order chi connectivity index (χ0) is 23.6. The van der Waals surface area contributed by atoms with Crippen LogP contribution in [0.4, 0.5) is 5.69 Å². The van der Waals surface area contributed by atoms with Gasteiger partial charge in [-0.1, -0.05) is 92.1 Å². The molecule has 35 heavy (non-hydrogen) atoms. The summed E-state index contributed by atoms with van der Waals surface area (Å²) >= 11 is 0. The summed E-state index contributed by atoms with van der Waals surface area (Å²) in [6, 6.07) is 31.2. The predicted octanol–water partition coefficient (Wildman–Crippen LogP) is 8.80. The van der Waals surface area contributed by atoms with Gasteiger partial charge < -0.3 is 0 Å². The lowest BCUT2D eigenvalue weighted by Crippen LogP contribution is -2.28. The highest BCUT2D eigenvalue weighted by Gasteiger charge is 2.44. The van der Waals surface area contributed by atoms with Gasteiger partial charge in [-0.15, -0.1) is 0 Å². The summed E-state index contributed by atoms with van der Waals surface area (Å²) in [6.45, 7) is 0. The number of rotatable bonds is 2. The van der Waals surface area contributed by atoms with Crippen molar-refractivity contribution in [3.05, 3.63) is 112 Å². The fourth-order valence-corrected chi connectivity index (χ4v) is 6.89. The van der Waals surface area contributed by atoms with Crippen molar-refractivity contribution in [1.82, 2.24) is 0 Å². The van der Waals surface area contributed by atoms with Gasteiger partial charge in [0.1, 0.15) is 0 Å². The molecule has 2 aliphatic carbocycles. The number of hydrogen-bond acceptors (Lipinski definition) is 2. The molecule has 5 aromatic rings. The summed E-state index contributed by atoms with van der Waals surface area (Å²) in [5.74, 6) is 0. The average Bonchev–Trinajstić information content (AvgIpc) is 3.17. The van der Waals surface area contributed by atoms with E-state index < -0.39 is 0 Å². The maximum Gasteiger partial charge on any atom is 0.284 e. The molecule has 1 fully saturated rings. The van der Waals surface area contributed by atoms with Gasteiger partial charge in [-0.2, -0.15) is 0 Å². The van der Waals surface area contributed by atoms with Gasteiger partial charge in [-0.3, -0.25) is 10.1 Å². The Morgan fingerprint density at radius 2 is 1.31 bits per heavy atom. The zero-order valence-electron chi connectivity index (χ0n) is 19.5. The molecule has 0 atom stereocenters. The van der Waals surface area contributed by atoms with E-state index in [1.807, 2.05) is 42.5 Å². The topological polar surface area (TPSA) is 43.1 Å². The Morgan fingerprint density at radius 1 is 0.629 bits per heavy atom. The summed E-state index contributed by atoms with van der Waals surface area (Å²) in [5.41, 5.74) is 7.31. The third-order valence-corrected chi connectivity index (χ3v) is 8.35. The minimum Gasteiger partial charge on any atom is -0.258 e. The second kappa shape index (κ2) is 7.51. The van der Waals surface area contributed by atoms with Gasteiger partial charge in [0.2, 0.25) is 0 Å². The van der Waals surface area contributed by atoms with E-state index >= 15 is 0 Å². The number of nitro groups is 1. The van der Waals surface area contributed by atoms with Crippen LogP contribution < -0.4 is 0 Å². The number of hydrogen-bond donors (Lipinski definition) is 0. The lowest BCUT2D eigenvalue weighted by atomic mass is 9.67. The van der Waals surface area contributed by atoms with Crippen molar-refractivity contribution in [1.29, 1.82) is 0 Å². The van der Waals surface area contributed by atoms with Gasteiger partial charge in [-0.05, 0) is 75.0 Å². The van der Waals surface area contributed by atoms with Crippen molar-refractivity contribution in [2.24, 2.45) is 0 Å². The molecule has 170 valence electrons. The maximum atomic E-state index is 12.5. The van der Waals surface area contributed by atoms with E-state index in [-0.39, 0.29) is 16.0 Å². The molecule has 0 bridgehead atoms. The van der Waals surface area contributed by atoms with Gasteiger partial charge >= 0.3 is 0 Å². The van der Waals surface area contributed by atoms with Crippen LogP contribution in [0.15, 0.2) is 91.0 Å². The Labute approximate surface area is 204 Å². The van der Waals surface area contributed by atoms with Crippen LogP contribution in [-0.4, -0.2) is 4.92 Å². The van der Waals surface area contributed by atoms with E-state index in [0.717, 1.165) is 29.2 Å². The fourth-order valence-electron chi connectivity index (χ4n) is 6.89. The Morgan fingerprint density at radius 3 is 2.11 bits per heavy atom. The molecule has 0 amide bonds. The molecule has 0 saturated heterocycles. The molecule has 0 N–H and O–H groups in total. The first kappa shape index (κ1) is 20.4. The minimum absolute atomic E-state index is 0.00537. The highest BCUT2D eigenvalue weighted by Crippen LogP contribution is 2.58. The number of fused-ring (bicyclic) bond motifs is 8. The number of nitro benzene ring substituents is 1. The largest absolute Gasteiger partial charge is 0.284 e. The van der Waals surface area contributed by atoms with Gasteiger partial charge in [0.25, 0.3) is 5.69 Å². The molecule has 0 aromatic heterocycles. The normalized spacial score (nSPS) is 15.9. The van der Waals surface area contributed by atoms with Crippen LogP contribution in [0.1, 0.15) is 43.2 Å². The fraction of sp³-hybridized carbons (Fsp3) is 0.188. The molecule has 0 radical (unpaired) electrons. The Kier molecular flexibility index (Phi) is 4.38. The molecular weight excluding hydrogens is 430 g/mol. The molecule has 0 aliphatic heterocycles. The van der Waals surface area contributed by atoms with Crippen molar-refractivity contribution in [2.75, 3.05) is 0 Å². The molecule has 0 heterocycles. The standard InChI is InChI=1S/C32H25NO2/c34-33(35)31-22-11-3-2-10-21(22)16-17-25(31)27-20-29-30(24-13-5-4-12-23(24)27)26-14-6-7-15-28(26)32(29)18-8-1-9-19-32/h2-7,10-17,20H,1,8-9,18-19H2. The number of nitrogens with zero attached hydrogens (tertiary/aromatic N) is 1. The summed E-state index contributed by atoms with van der Waals surface area (Å²) < 4.78 is 0. The van der Waals surface area contributed by atoms with E-state index in [0.29, 0.717) is 10.9 Å². The third kappa shape index (κ3) is 2.78. The minimum atomic E-state index is -0.204. The lowest BCUT2D eigenvalue weighted by Gasteiger charge is -2.36. The van der Waals surface area contributed by atoms with Crippen molar-refractivity contribution in [2.45, 2.75) is 37.5 Å². The lowest BCUT2D eigenvalue weighted by molar-refractivity contribution is -0.382. The van der Waals surface area contributed by atoms with Crippen molar-refractivity contribution < 1.29 is 4.92 Å². The quantitative estimate of drug-likeness (QED) is 0.197. The van der Waals surface area contributed by atoms with Crippen LogP contribution in [0.3, 0.4) is 0 Å². The van der Waals surface area contributed by atoms with Gasteiger partial charge in [0, 0.05) is 5.41 Å². The Balaban J connectivity index is 1.62. The van der Waals surface area contributed by atoms with E-state index in [4.69, 9.17) is 0 Å². The van der Waals surface area contributed by atoms with E-state index in [1.165, 1.54) is 46.9 Å². The van der Waals surface area contributed by atoms with Crippen LogP contribution in [0, 0.1) is 10.1 Å². The van der Waals surface area contributed by atoms with Gasteiger partial charge in [0.15, 0.2) is 0 Å². The van der Waals surface area contributed by atoms with Crippen LogP contribution in [0.5, 0.6) is 0 Å². The Bertz CT molecular complexity index is 1660.